The molecule has 0 amide bonds. The summed E-state index contributed by atoms with van der Waals surface area (Å²) in [6.45, 7) is 4.00. The summed E-state index contributed by atoms with van der Waals surface area (Å²) in [5, 5.41) is 2.90. The van der Waals surface area contributed by atoms with Crippen molar-refractivity contribution in [3.63, 3.8) is 0 Å². The van der Waals surface area contributed by atoms with Gasteiger partial charge >= 0.3 is 0 Å². The Morgan fingerprint density at radius 1 is 1.20 bits per heavy atom. The van der Waals surface area contributed by atoms with E-state index in [9.17, 15) is 0 Å². The second-order valence-corrected chi connectivity index (χ2v) is 1.38. The van der Waals surface area contributed by atoms with Gasteiger partial charge in [0.2, 0.25) is 0 Å². The van der Waals surface area contributed by atoms with Crippen LogP contribution < -0.4 is 5.32 Å². The molecule has 10 heavy (non-hydrogen) atoms. The van der Waals surface area contributed by atoms with Crippen LogP contribution in [0.2, 0.25) is 0 Å². The Morgan fingerprint density at radius 3 is 2.00 bits per heavy atom. The van der Waals surface area contributed by atoms with Crippen molar-refractivity contribution in [2.45, 2.75) is 13.8 Å². The maximum Gasteiger partial charge on any atom is 0.115 e. The van der Waals surface area contributed by atoms with Gasteiger partial charge in [-0.3, -0.25) is 0 Å². The molecule has 0 unspecified atom stereocenters. The zero-order chi connectivity index (χ0) is 7.82. The van der Waals surface area contributed by atoms with Crippen LogP contribution in [0.3, 0.4) is 0 Å². The highest BCUT2D eigenvalue weighted by Gasteiger charge is 1.80. The Bertz CT molecular complexity index is 150. The van der Waals surface area contributed by atoms with E-state index >= 15 is 0 Å². The predicted molar refractivity (Wildman–Crippen MR) is 42.9 cm³/mol. The molecule has 0 aromatic carbocycles. The number of rotatable bonds is 1. The van der Waals surface area contributed by atoms with Crippen molar-refractivity contribution >= 4 is 5.69 Å². The number of hydrogen-bond acceptors (Lipinski definition) is 3. The minimum atomic E-state index is 0.938. The SMILES string of the molecule is CC.CNc1cncnc1. The van der Waals surface area contributed by atoms with E-state index in [-0.39, 0.29) is 0 Å². The molecule has 0 saturated heterocycles. The van der Waals surface area contributed by atoms with E-state index in [1.54, 1.807) is 12.4 Å². The Hall–Kier alpha value is -1.12. The van der Waals surface area contributed by atoms with Crippen LogP contribution in [0.1, 0.15) is 13.8 Å². The molecule has 0 aliphatic heterocycles. The van der Waals surface area contributed by atoms with Crippen molar-refractivity contribution < 1.29 is 0 Å². The van der Waals surface area contributed by atoms with Crippen LogP contribution >= 0.6 is 0 Å². The van der Waals surface area contributed by atoms with Gasteiger partial charge in [-0.25, -0.2) is 9.97 Å². The smallest absolute Gasteiger partial charge is 0.115 e. The monoisotopic (exact) mass is 139 g/mol. The molecule has 3 heteroatoms. The van der Waals surface area contributed by atoms with E-state index in [1.807, 2.05) is 20.9 Å². The normalized spacial score (nSPS) is 7.50. The first kappa shape index (κ1) is 8.88. The highest BCUT2D eigenvalue weighted by atomic mass is 14.9. The fraction of sp³-hybridized carbons (Fsp3) is 0.429. The van der Waals surface area contributed by atoms with Crippen molar-refractivity contribution in [2.24, 2.45) is 0 Å². The standard InChI is InChI=1S/C5H7N3.C2H6/c1-6-5-2-7-4-8-3-5;1-2/h2-4,6H,1H3;1-2H3. The molecule has 1 heterocycles. The molecule has 3 nitrogen and oxygen atoms in total. The van der Waals surface area contributed by atoms with Crippen molar-refractivity contribution in [1.29, 1.82) is 0 Å². The summed E-state index contributed by atoms with van der Waals surface area (Å²) in [5.74, 6) is 0. The lowest BCUT2D eigenvalue weighted by molar-refractivity contribution is 1.16. The van der Waals surface area contributed by atoms with E-state index in [4.69, 9.17) is 0 Å². The molecule has 0 bridgehead atoms. The highest BCUT2D eigenvalue weighted by Crippen LogP contribution is 1.95. The van der Waals surface area contributed by atoms with Crippen LogP contribution in [-0.4, -0.2) is 17.0 Å². The fourth-order valence-electron chi connectivity index (χ4n) is 0.428. The maximum atomic E-state index is 3.78. The maximum absolute atomic E-state index is 3.78. The molecule has 56 valence electrons. The lowest BCUT2D eigenvalue weighted by Crippen LogP contribution is -1.88. The average Bonchev–Trinajstić information content (AvgIpc) is 2.10. The van der Waals surface area contributed by atoms with Gasteiger partial charge in [-0.05, 0) is 0 Å². The average molecular weight is 139 g/mol. The van der Waals surface area contributed by atoms with E-state index in [0.717, 1.165) is 5.69 Å². The molecular weight excluding hydrogens is 126 g/mol. The van der Waals surface area contributed by atoms with E-state index in [2.05, 4.69) is 15.3 Å². The Kier molecular flexibility index (Phi) is 5.33. The Balaban J connectivity index is 0.000000371. The molecular formula is C7H13N3. The van der Waals surface area contributed by atoms with Gasteiger partial charge in [-0.1, -0.05) is 13.8 Å². The van der Waals surface area contributed by atoms with Crippen LogP contribution in [0.5, 0.6) is 0 Å². The number of hydrogen-bond donors (Lipinski definition) is 1. The quantitative estimate of drug-likeness (QED) is 0.641. The number of anilines is 1. The third kappa shape index (κ3) is 3.02. The number of nitrogens with zero attached hydrogens (tertiary/aromatic N) is 2. The molecule has 0 aliphatic carbocycles. The van der Waals surface area contributed by atoms with Crippen molar-refractivity contribution in [1.82, 2.24) is 9.97 Å². The zero-order valence-electron chi connectivity index (χ0n) is 6.63. The van der Waals surface area contributed by atoms with E-state index in [0.29, 0.717) is 0 Å². The minimum Gasteiger partial charge on any atom is -0.386 e. The van der Waals surface area contributed by atoms with E-state index in [1.165, 1.54) is 6.33 Å². The lowest BCUT2D eigenvalue weighted by Gasteiger charge is -1.92. The third-order valence-corrected chi connectivity index (χ3v) is 0.849. The third-order valence-electron chi connectivity index (χ3n) is 0.849. The largest absolute Gasteiger partial charge is 0.386 e. The van der Waals surface area contributed by atoms with Gasteiger partial charge in [0, 0.05) is 7.05 Å². The molecule has 1 N–H and O–H groups in total. The van der Waals surface area contributed by atoms with Crippen LogP contribution in [0.4, 0.5) is 5.69 Å². The summed E-state index contributed by atoms with van der Waals surface area (Å²) in [6.07, 6.45) is 4.93. The zero-order valence-corrected chi connectivity index (χ0v) is 6.63. The van der Waals surface area contributed by atoms with Gasteiger partial charge in [0.15, 0.2) is 0 Å². The van der Waals surface area contributed by atoms with Crippen LogP contribution in [0.25, 0.3) is 0 Å². The molecule has 0 fully saturated rings. The summed E-state index contributed by atoms with van der Waals surface area (Å²) < 4.78 is 0. The van der Waals surface area contributed by atoms with Gasteiger partial charge in [0.25, 0.3) is 0 Å². The highest BCUT2D eigenvalue weighted by molar-refractivity contribution is 5.35. The topological polar surface area (TPSA) is 37.8 Å². The van der Waals surface area contributed by atoms with Crippen molar-refractivity contribution in [2.75, 3.05) is 12.4 Å². The Morgan fingerprint density at radius 2 is 1.70 bits per heavy atom. The van der Waals surface area contributed by atoms with Crippen LogP contribution in [0.15, 0.2) is 18.7 Å². The minimum absolute atomic E-state index is 0.938. The summed E-state index contributed by atoms with van der Waals surface area (Å²) in [7, 11) is 1.83. The van der Waals surface area contributed by atoms with Gasteiger partial charge in [-0.2, -0.15) is 0 Å². The molecule has 0 radical (unpaired) electrons. The second kappa shape index (κ2) is 6.01. The molecule has 0 spiro atoms. The van der Waals surface area contributed by atoms with E-state index < -0.39 is 0 Å². The van der Waals surface area contributed by atoms with Gasteiger partial charge in [-0.15, -0.1) is 0 Å². The first-order valence-corrected chi connectivity index (χ1v) is 3.36. The molecule has 0 aliphatic rings. The number of aromatic nitrogens is 2. The Labute approximate surface area is 61.5 Å². The molecule has 0 atom stereocenters. The first-order valence-electron chi connectivity index (χ1n) is 3.36. The summed E-state index contributed by atoms with van der Waals surface area (Å²) in [6, 6.07) is 0. The molecule has 1 aromatic rings. The summed E-state index contributed by atoms with van der Waals surface area (Å²) in [5.41, 5.74) is 0.938. The number of nitrogens with one attached hydrogen (secondary N) is 1. The molecule has 1 rings (SSSR count). The predicted octanol–water partition coefficient (Wildman–Crippen LogP) is 1.54. The van der Waals surface area contributed by atoms with Crippen LogP contribution in [0, 0.1) is 0 Å². The summed E-state index contributed by atoms with van der Waals surface area (Å²) in [4.78, 5) is 7.56. The molecule has 1 aromatic heterocycles. The fourth-order valence-corrected chi connectivity index (χ4v) is 0.428. The second-order valence-electron chi connectivity index (χ2n) is 1.38. The van der Waals surface area contributed by atoms with Gasteiger partial charge in [0.1, 0.15) is 6.33 Å². The van der Waals surface area contributed by atoms with Crippen LogP contribution in [-0.2, 0) is 0 Å². The van der Waals surface area contributed by atoms with Gasteiger partial charge < -0.3 is 5.32 Å². The van der Waals surface area contributed by atoms with Crippen molar-refractivity contribution in [3.05, 3.63) is 18.7 Å². The summed E-state index contributed by atoms with van der Waals surface area (Å²) >= 11 is 0. The van der Waals surface area contributed by atoms with Gasteiger partial charge in [0.05, 0.1) is 18.1 Å². The lowest BCUT2D eigenvalue weighted by atomic mass is 10.5. The van der Waals surface area contributed by atoms with Crippen molar-refractivity contribution in [3.8, 4) is 0 Å². The first-order chi connectivity index (χ1) is 4.93. The molecule has 0 saturated carbocycles.